The van der Waals surface area contributed by atoms with E-state index < -0.39 is 36.1 Å². The molecule has 0 saturated heterocycles. The second-order valence-electron chi connectivity index (χ2n) is 13.7. The number of esters is 4. The summed E-state index contributed by atoms with van der Waals surface area (Å²) in [6, 6.07) is 25.3. The number of carbonyl (C=O) groups excluding carboxylic acids is 4. The van der Waals surface area contributed by atoms with E-state index in [1.165, 1.54) is 26.4 Å². The molecule has 58 heavy (non-hydrogen) atoms. The molecule has 12 nitrogen and oxygen atoms in total. The number of rotatable bonds is 18. The molecular weight excluding hydrogens is 783 g/mol. The SMILES string of the molecule is COC(=O)/C=C(\C)c1ccc(C[C@@H](C)NC[C@@H](OC(=O)C(=O)O[C@H](CN[C@H](C)Cc2ccc(/C(C)=C/C(=O)OC)cc2)c2cccc(Cl)n2)c2cccc(Cl)n2)cc1. The molecule has 0 bridgehead atoms. The quantitative estimate of drug-likeness (QED) is 0.0341. The molecular formula is C44H48Cl2N4O8. The monoisotopic (exact) mass is 830 g/mol. The molecule has 0 fully saturated rings. The molecule has 2 aromatic heterocycles. The Balaban J connectivity index is 1.40. The number of allylic oxidation sites excluding steroid dienone is 2. The van der Waals surface area contributed by atoms with E-state index in [0.29, 0.717) is 24.2 Å². The molecule has 0 aliphatic rings. The van der Waals surface area contributed by atoms with Crippen LogP contribution in [0.1, 0.15) is 73.5 Å². The topological polar surface area (TPSA) is 155 Å². The zero-order valence-electron chi connectivity index (χ0n) is 33.3. The third-order valence-corrected chi connectivity index (χ3v) is 9.50. The predicted octanol–water partition coefficient (Wildman–Crippen LogP) is 7.25. The summed E-state index contributed by atoms with van der Waals surface area (Å²) in [7, 11) is 2.67. The van der Waals surface area contributed by atoms with Gasteiger partial charge in [0.1, 0.15) is 10.3 Å². The van der Waals surface area contributed by atoms with Gasteiger partial charge in [0, 0.05) is 37.3 Å². The Bertz CT molecular complexity index is 1940. The van der Waals surface area contributed by atoms with Crippen molar-refractivity contribution < 1.29 is 38.1 Å². The Morgan fingerprint density at radius 1 is 0.603 bits per heavy atom. The van der Waals surface area contributed by atoms with Crippen LogP contribution >= 0.6 is 23.2 Å². The fourth-order valence-electron chi connectivity index (χ4n) is 5.89. The standard InChI is InChI=1S/C44H48Cl2N4O8/c1-27(21-41(51)55-5)33-17-13-31(14-18-33)23-29(3)47-25-37(35-9-7-11-39(45)49-35)57-43(53)44(54)58-38(36-10-8-12-40(46)50-36)26-48-30(4)24-32-15-19-34(20-16-32)28(2)22-42(52)56-6/h7-22,29-30,37-38,47-48H,23-26H2,1-6H3/b27-21+,28-22+/t29-,30-,37-,38-/m1/s1. The lowest BCUT2D eigenvalue weighted by molar-refractivity contribution is -0.174. The number of hydrogen-bond donors (Lipinski definition) is 2. The van der Waals surface area contributed by atoms with E-state index in [-0.39, 0.29) is 35.5 Å². The minimum Gasteiger partial charge on any atom is -0.466 e. The lowest BCUT2D eigenvalue weighted by Gasteiger charge is -2.23. The molecule has 306 valence electrons. The average Bonchev–Trinajstić information content (AvgIpc) is 3.21. The van der Waals surface area contributed by atoms with Crippen LogP contribution in [-0.2, 0) is 51.0 Å². The highest BCUT2D eigenvalue weighted by Crippen LogP contribution is 2.22. The summed E-state index contributed by atoms with van der Waals surface area (Å²) in [5.74, 6) is -3.28. The molecule has 0 saturated carbocycles. The number of benzene rings is 2. The lowest BCUT2D eigenvalue weighted by atomic mass is 10.0. The molecule has 2 aromatic carbocycles. The molecule has 4 rings (SSSR count). The van der Waals surface area contributed by atoms with Crippen LogP contribution in [0.15, 0.2) is 97.1 Å². The number of aromatic nitrogens is 2. The van der Waals surface area contributed by atoms with Crippen molar-refractivity contribution in [1.82, 2.24) is 20.6 Å². The zero-order chi connectivity index (χ0) is 42.2. The summed E-state index contributed by atoms with van der Waals surface area (Å²) in [5.41, 5.74) is 6.11. The van der Waals surface area contributed by atoms with Crippen molar-refractivity contribution >= 4 is 58.2 Å². The second-order valence-corrected chi connectivity index (χ2v) is 14.5. The first-order valence-electron chi connectivity index (χ1n) is 18.6. The van der Waals surface area contributed by atoms with Gasteiger partial charge in [-0.05, 0) is 98.2 Å². The van der Waals surface area contributed by atoms with Crippen molar-refractivity contribution in [3.63, 3.8) is 0 Å². The zero-order valence-corrected chi connectivity index (χ0v) is 34.8. The maximum absolute atomic E-state index is 13.4. The summed E-state index contributed by atoms with van der Waals surface area (Å²) in [6.45, 7) is 7.87. The van der Waals surface area contributed by atoms with E-state index in [2.05, 4.69) is 20.6 Å². The highest BCUT2D eigenvalue weighted by molar-refractivity contribution is 6.30. The van der Waals surface area contributed by atoms with Crippen LogP contribution in [0.25, 0.3) is 11.1 Å². The van der Waals surface area contributed by atoms with Gasteiger partial charge in [-0.2, -0.15) is 0 Å². The Labute approximate surface area is 348 Å². The molecule has 0 aliphatic heterocycles. The first-order chi connectivity index (χ1) is 27.7. The van der Waals surface area contributed by atoms with Crippen LogP contribution in [0.4, 0.5) is 0 Å². The number of pyridine rings is 2. The fourth-order valence-corrected chi connectivity index (χ4v) is 6.23. The summed E-state index contributed by atoms with van der Waals surface area (Å²) in [5, 5.41) is 7.12. The van der Waals surface area contributed by atoms with Gasteiger partial charge in [-0.15, -0.1) is 0 Å². The molecule has 0 aliphatic carbocycles. The molecule has 0 spiro atoms. The average molecular weight is 832 g/mol. The maximum Gasteiger partial charge on any atom is 0.418 e. The van der Waals surface area contributed by atoms with Crippen LogP contribution in [0.5, 0.6) is 0 Å². The smallest absolute Gasteiger partial charge is 0.418 e. The molecule has 0 radical (unpaired) electrons. The summed E-state index contributed by atoms with van der Waals surface area (Å²) < 4.78 is 20.9. The minimum absolute atomic E-state index is 0.0818. The number of halogens is 2. The fraction of sp³-hybridized carbons (Fsp3) is 0.318. The van der Waals surface area contributed by atoms with Crippen molar-refractivity contribution in [2.24, 2.45) is 0 Å². The lowest BCUT2D eigenvalue weighted by Crippen LogP contribution is -2.37. The summed E-state index contributed by atoms with van der Waals surface area (Å²) in [4.78, 5) is 58.7. The van der Waals surface area contributed by atoms with Crippen molar-refractivity contribution in [2.45, 2.75) is 64.8 Å². The summed E-state index contributed by atoms with van der Waals surface area (Å²) >= 11 is 12.4. The van der Waals surface area contributed by atoms with Gasteiger partial charge in [-0.3, -0.25) is 0 Å². The first-order valence-corrected chi connectivity index (χ1v) is 19.3. The van der Waals surface area contributed by atoms with Crippen LogP contribution in [0.3, 0.4) is 0 Å². The van der Waals surface area contributed by atoms with E-state index in [1.54, 1.807) is 36.4 Å². The van der Waals surface area contributed by atoms with Crippen molar-refractivity contribution in [1.29, 1.82) is 0 Å². The van der Waals surface area contributed by atoms with Crippen LogP contribution in [0, 0.1) is 0 Å². The van der Waals surface area contributed by atoms with Gasteiger partial charge in [0.25, 0.3) is 0 Å². The maximum atomic E-state index is 13.4. The Kier molecular flexibility index (Phi) is 17.6. The number of ether oxygens (including phenoxy) is 4. The highest BCUT2D eigenvalue weighted by atomic mass is 35.5. The van der Waals surface area contributed by atoms with Crippen LogP contribution < -0.4 is 10.6 Å². The Morgan fingerprint density at radius 2 is 0.966 bits per heavy atom. The largest absolute Gasteiger partial charge is 0.466 e. The van der Waals surface area contributed by atoms with Gasteiger partial charge < -0.3 is 29.6 Å². The minimum atomic E-state index is -1.22. The Morgan fingerprint density at radius 3 is 1.29 bits per heavy atom. The van der Waals surface area contributed by atoms with Crippen LogP contribution in [0.2, 0.25) is 10.3 Å². The third kappa shape index (κ3) is 14.5. The Hall–Kier alpha value is -5.40. The number of hydrogen-bond acceptors (Lipinski definition) is 12. The van der Waals surface area contributed by atoms with Gasteiger partial charge in [-0.1, -0.05) is 83.9 Å². The van der Waals surface area contributed by atoms with Gasteiger partial charge in [0.2, 0.25) is 0 Å². The van der Waals surface area contributed by atoms with Gasteiger partial charge in [0.05, 0.1) is 25.6 Å². The highest BCUT2D eigenvalue weighted by Gasteiger charge is 2.29. The number of carbonyl (C=O) groups is 4. The first kappa shape index (κ1) is 45.3. The summed E-state index contributed by atoms with van der Waals surface area (Å²) in [6.07, 6.45) is 2.16. The van der Waals surface area contributed by atoms with Crippen molar-refractivity contribution in [3.8, 4) is 0 Å². The molecule has 0 unspecified atom stereocenters. The molecule has 0 amide bonds. The van der Waals surface area contributed by atoms with Crippen molar-refractivity contribution in [3.05, 3.63) is 141 Å². The van der Waals surface area contributed by atoms with Crippen molar-refractivity contribution in [2.75, 3.05) is 27.3 Å². The second kappa shape index (κ2) is 22.5. The predicted molar refractivity (Wildman–Crippen MR) is 223 cm³/mol. The van der Waals surface area contributed by atoms with E-state index in [0.717, 1.165) is 33.4 Å². The van der Waals surface area contributed by atoms with E-state index in [1.807, 2.05) is 76.2 Å². The molecule has 2 N–H and O–H groups in total. The number of nitrogens with zero attached hydrogens (tertiary/aromatic N) is 2. The molecule has 4 aromatic rings. The van der Waals surface area contributed by atoms with Gasteiger partial charge >= 0.3 is 23.9 Å². The van der Waals surface area contributed by atoms with Crippen LogP contribution in [-0.4, -0.2) is 73.2 Å². The molecule has 4 atom stereocenters. The number of methoxy groups -OCH3 is 2. The van der Waals surface area contributed by atoms with Gasteiger partial charge in [0.15, 0.2) is 12.2 Å². The van der Waals surface area contributed by atoms with E-state index >= 15 is 0 Å². The number of nitrogens with one attached hydrogen (secondary N) is 2. The van der Waals surface area contributed by atoms with E-state index in [4.69, 9.17) is 42.1 Å². The molecule has 14 heteroatoms. The molecule has 2 heterocycles. The normalized spacial score (nSPS) is 13.8. The van der Waals surface area contributed by atoms with Gasteiger partial charge in [-0.25, -0.2) is 29.1 Å². The van der Waals surface area contributed by atoms with E-state index in [9.17, 15) is 19.2 Å². The third-order valence-electron chi connectivity index (χ3n) is 9.08.